The highest BCUT2D eigenvalue weighted by atomic mass is 35.5. The summed E-state index contributed by atoms with van der Waals surface area (Å²) in [6.45, 7) is 0. The molecule has 0 saturated heterocycles. The fourth-order valence-electron chi connectivity index (χ4n) is 1.88. The van der Waals surface area contributed by atoms with Gasteiger partial charge < -0.3 is 10.6 Å². The van der Waals surface area contributed by atoms with Gasteiger partial charge in [0, 0.05) is 21.8 Å². The molecule has 21 heavy (non-hydrogen) atoms. The Morgan fingerprint density at radius 1 is 1.33 bits per heavy atom. The van der Waals surface area contributed by atoms with Crippen LogP contribution in [-0.2, 0) is 4.79 Å². The summed E-state index contributed by atoms with van der Waals surface area (Å²) in [5.74, 6) is 0.00484. The number of halogens is 1. The Hall–Kier alpha value is -2.05. The summed E-state index contributed by atoms with van der Waals surface area (Å²) in [7, 11) is 0. The summed E-state index contributed by atoms with van der Waals surface area (Å²) in [6, 6.07) is 8.46. The first-order valence-electron chi connectivity index (χ1n) is 6.11. The molecule has 2 heterocycles. The minimum absolute atomic E-state index is 0.0486. The van der Waals surface area contributed by atoms with E-state index in [1.54, 1.807) is 18.2 Å². The van der Waals surface area contributed by atoms with Crippen molar-refractivity contribution in [3.05, 3.63) is 47.2 Å². The van der Waals surface area contributed by atoms with Crippen molar-refractivity contribution in [2.45, 2.75) is 4.90 Å². The van der Waals surface area contributed by atoms with Crippen molar-refractivity contribution < 1.29 is 9.59 Å². The normalized spacial score (nSPS) is 13.3. The zero-order chi connectivity index (χ0) is 14.8. The molecule has 5 nitrogen and oxygen atoms in total. The maximum Gasteiger partial charge on any atom is 0.274 e. The number of fused-ring (bicyclic) bond motifs is 1. The Morgan fingerprint density at radius 3 is 3.00 bits per heavy atom. The molecular weight excluding hydrogens is 310 g/mol. The number of carbonyl (C=O) groups excluding carboxylic acids is 2. The first-order chi connectivity index (χ1) is 10.1. The lowest BCUT2D eigenvalue weighted by molar-refractivity contribution is -0.113. The molecule has 1 aromatic carbocycles. The highest BCUT2D eigenvalue weighted by Gasteiger charge is 2.16. The topological polar surface area (TPSA) is 71.1 Å². The Labute approximate surface area is 130 Å². The molecule has 2 amide bonds. The monoisotopic (exact) mass is 319 g/mol. The Kier molecular flexibility index (Phi) is 3.81. The predicted octanol–water partition coefficient (Wildman–Crippen LogP) is 3.03. The predicted molar refractivity (Wildman–Crippen MR) is 83.0 cm³/mol. The van der Waals surface area contributed by atoms with Crippen LogP contribution in [0, 0.1) is 0 Å². The number of aromatic nitrogens is 1. The quantitative estimate of drug-likeness (QED) is 0.892. The second kappa shape index (κ2) is 5.75. The number of nitrogens with zero attached hydrogens (tertiary/aromatic N) is 1. The van der Waals surface area contributed by atoms with Gasteiger partial charge in [-0.05, 0) is 30.3 Å². The van der Waals surface area contributed by atoms with Crippen LogP contribution in [-0.4, -0.2) is 22.6 Å². The minimum atomic E-state index is -0.354. The summed E-state index contributed by atoms with van der Waals surface area (Å²) in [5.41, 5.74) is 1.52. The van der Waals surface area contributed by atoms with Crippen molar-refractivity contribution in [2.24, 2.45) is 0 Å². The standard InChI is InChI=1S/C14H10ClN3O2S/c15-8-3-4-16-11(5-8)14(20)17-9-1-2-12-10(6-9)18-13(19)7-21-12/h1-6H,7H2,(H,17,20)(H,18,19). The molecule has 0 aliphatic carbocycles. The van der Waals surface area contributed by atoms with Crippen molar-refractivity contribution in [2.75, 3.05) is 16.4 Å². The lowest BCUT2D eigenvalue weighted by atomic mass is 10.2. The van der Waals surface area contributed by atoms with Gasteiger partial charge in [0.2, 0.25) is 5.91 Å². The maximum atomic E-state index is 12.1. The molecular formula is C14H10ClN3O2S. The molecule has 1 aromatic heterocycles. The van der Waals surface area contributed by atoms with E-state index in [1.165, 1.54) is 24.0 Å². The number of benzene rings is 1. The third-order valence-corrected chi connectivity index (χ3v) is 4.13. The summed E-state index contributed by atoms with van der Waals surface area (Å²) in [5, 5.41) is 5.95. The zero-order valence-electron chi connectivity index (χ0n) is 10.7. The number of thioether (sulfide) groups is 1. The average molecular weight is 320 g/mol. The molecule has 0 fully saturated rings. The van der Waals surface area contributed by atoms with Crippen molar-refractivity contribution in [1.29, 1.82) is 0 Å². The number of hydrogen-bond acceptors (Lipinski definition) is 4. The van der Waals surface area contributed by atoms with Crippen LogP contribution in [0.2, 0.25) is 5.02 Å². The van der Waals surface area contributed by atoms with E-state index < -0.39 is 0 Å². The number of rotatable bonds is 2. The highest BCUT2D eigenvalue weighted by Crippen LogP contribution is 2.33. The molecule has 0 spiro atoms. The molecule has 2 N–H and O–H groups in total. The molecule has 7 heteroatoms. The second-order valence-corrected chi connectivity index (χ2v) is 5.81. The minimum Gasteiger partial charge on any atom is -0.324 e. The van der Waals surface area contributed by atoms with Crippen LogP contribution >= 0.6 is 23.4 Å². The van der Waals surface area contributed by atoms with E-state index in [-0.39, 0.29) is 17.5 Å². The number of carbonyl (C=O) groups is 2. The second-order valence-electron chi connectivity index (χ2n) is 4.36. The van der Waals surface area contributed by atoms with Crippen LogP contribution in [0.25, 0.3) is 0 Å². The van der Waals surface area contributed by atoms with Crippen LogP contribution in [0.15, 0.2) is 41.4 Å². The molecule has 2 aromatic rings. The molecule has 0 unspecified atom stereocenters. The summed E-state index contributed by atoms with van der Waals surface area (Å²) in [4.78, 5) is 28.4. The maximum absolute atomic E-state index is 12.1. The zero-order valence-corrected chi connectivity index (χ0v) is 12.3. The van der Waals surface area contributed by atoms with Gasteiger partial charge in [0.15, 0.2) is 0 Å². The molecule has 1 aliphatic heterocycles. The fraction of sp³-hybridized carbons (Fsp3) is 0.0714. The van der Waals surface area contributed by atoms with E-state index in [0.717, 1.165) is 4.90 Å². The van der Waals surface area contributed by atoms with Gasteiger partial charge in [-0.1, -0.05) is 11.6 Å². The van der Waals surface area contributed by atoms with Gasteiger partial charge >= 0.3 is 0 Å². The van der Waals surface area contributed by atoms with Gasteiger partial charge in [-0.15, -0.1) is 11.8 Å². The van der Waals surface area contributed by atoms with E-state index in [2.05, 4.69) is 15.6 Å². The first-order valence-corrected chi connectivity index (χ1v) is 7.48. The van der Waals surface area contributed by atoms with Gasteiger partial charge in [0.25, 0.3) is 5.91 Å². The summed E-state index contributed by atoms with van der Waals surface area (Å²) in [6.07, 6.45) is 1.47. The van der Waals surface area contributed by atoms with E-state index >= 15 is 0 Å². The van der Waals surface area contributed by atoms with Gasteiger partial charge in [-0.2, -0.15) is 0 Å². The number of hydrogen-bond donors (Lipinski definition) is 2. The first kappa shape index (κ1) is 13.9. The van der Waals surface area contributed by atoms with Crippen molar-refractivity contribution >= 4 is 46.6 Å². The smallest absolute Gasteiger partial charge is 0.274 e. The third-order valence-electron chi connectivity index (χ3n) is 2.82. The summed E-state index contributed by atoms with van der Waals surface area (Å²) < 4.78 is 0. The lowest BCUT2D eigenvalue weighted by Crippen LogP contribution is -2.19. The SMILES string of the molecule is O=C1CSc2ccc(NC(=O)c3cc(Cl)ccn3)cc2N1. The van der Waals surface area contributed by atoms with E-state index in [9.17, 15) is 9.59 Å². The van der Waals surface area contributed by atoms with Gasteiger partial charge in [-0.3, -0.25) is 14.6 Å². The van der Waals surface area contributed by atoms with Crippen LogP contribution in [0.1, 0.15) is 10.5 Å². The molecule has 0 saturated carbocycles. The number of pyridine rings is 1. The Bertz CT molecular complexity index is 736. The van der Waals surface area contributed by atoms with Crippen LogP contribution in [0.5, 0.6) is 0 Å². The van der Waals surface area contributed by atoms with Crippen LogP contribution in [0.4, 0.5) is 11.4 Å². The van der Waals surface area contributed by atoms with Crippen molar-refractivity contribution in [3.8, 4) is 0 Å². The largest absolute Gasteiger partial charge is 0.324 e. The van der Waals surface area contributed by atoms with E-state index in [1.807, 2.05) is 6.07 Å². The van der Waals surface area contributed by atoms with Crippen molar-refractivity contribution in [3.63, 3.8) is 0 Å². The summed E-state index contributed by atoms with van der Waals surface area (Å²) >= 11 is 7.30. The molecule has 0 bridgehead atoms. The Morgan fingerprint density at radius 2 is 2.19 bits per heavy atom. The van der Waals surface area contributed by atoms with E-state index in [0.29, 0.717) is 22.2 Å². The molecule has 0 radical (unpaired) electrons. The Balaban J connectivity index is 1.80. The molecule has 1 aliphatic rings. The highest BCUT2D eigenvalue weighted by molar-refractivity contribution is 8.00. The number of nitrogens with one attached hydrogen (secondary N) is 2. The third kappa shape index (κ3) is 3.17. The van der Waals surface area contributed by atoms with Gasteiger partial charge in [0.1, 0.15) is 5.69 Å². The van der Waals surface area contributed by atoms with Gasteiger partial charge in [0.05, 0.1) is 11.4 Å². The average Bonchev–Trinajstić information content (AvgIpc) is 2.46. The van der Waals surface area contributed by atoms with Crippen molar-refractivity contribution in [1.82, 2.24) is 4.98 Å². The fourth-order valence-corrected chi connectivity index (χ4v) is 2.83. The van der Waals surface area contributed by atoms with Gasteiger partial charge in [-0.25, -0.2) is 0 Å². The van der Waals surface area contributed by atoms with Crippen LogP contribution < -0.4 is 10.6 Å². The molecule has 3 rings (SSSR count). The van der Waals surface area contributed by atoms with Crippen LogP contribution in [0.3, 0.4) is 0 Å². The molecule has 106 valence electrons. The number of amides is 2. The van der Waals surface area contributed by atoms with E-state index in [4.69, 9.17) is 11.6 Å². The number of anilines is 2. The lowest BCUT2D eigenvalue weighted by Gasteiger charge is -2.17. The molecule has 0 atom stereocenters.